The number of benzene rings is 2. The Hall–Kier alpha value is -2.34. The van der Waals surface area contributed by atoms with Crippen LogP contribution in [0.15, 0.2) is 46.9 Å². The number of anilines is 1. The molecule has 6 heteroatoms. The third-order valence-corrected chi connectivity index (χ3v) is 3.64. The average Bonchev–Trinajstić information content (AvgIpc) is 2.54. The molecule has 23 heavy (non-hydrogen) atoms. The van der Waals surface area contributed by atoms with Gasteiger partial charge in [-0.15, -0.1) is 0 Å². The first-order valence-electron chi connectivity index (χ1n) is 6.84. The van der Waals surface area contributed by atoms with Gasteiger partial charge in [0.2, 0.25) is 5.91 Å². The Morgan fingerprint density at radius 1 is 1.13 bits per heavy atom. The molecule has 5 nitrogen and oxygen atoms in total. The lowest BCUT2D eigenvalue weighted by molar-refractivity contribution is -0.115. The zero-order valence-electron chi connectivity index (χ0n) is 12.8. The van der Waals surface area contributed by atoms with Gasteiger partial charge in [-0.1, -0.05) is 28.1 Å². The van der Waals surface area contributed by atoms with Crippen LogP contribution in [0, 0.1) is 0 Å². The highest BCUT2D eigenvalue weighted by molar-refractivity contribution is 9.10. The molecule has 0 fully saturated rings. The highest BCUT2D eigenvalue weighted by Crippen LogP contribution is 2.26. The first-order valence-corrected chi connectivity index (χ1v) is 7.63. The fourth-order valence-corrected chi connectivity index (χ4v) is 2.52. The van der Waals surface area contributed by atoms with Crippen LogP contribution < -0.4 is 10.1 Å². The molecule has 0 saturated heterocycles. The molecule has 0 heterocycles. The van der Waals surface area contributed by atoms with Gasteiger partial charge in [0.15, 0.2) is 0 Å². The molecule has 0 saturated carbocycles. The van der Waals surface area contributed by atoms with Crippen molar-refractivity contribution in [2.45, 2.75) is 6.42 Å². The summed E-state index contributed by atoms with van der Waals surface area (Å²) < 4.78 is 10.8. The molecular weight excluding hydrogens is 362 g/mol. The standard InChI is InChI=1S/C17H16BrNO4/c1-22-15-7-6-12(17(21)23-2)10-14(15)19-16(20)9-11-4-3-5-13(18)8-11/h3-8,10H,9H2,1-2H3,(H,19,20). The van der Waals surface area contributed by atoms with Crippen LogP contribution in [0.4, 0.5) is 5.69 Å². The van der Waals surface area contributed by atoms with Crippen molar-refractivity contribution < 1.29 is 19.1 Å². The van der Waals surface area contributed by atoms with Gasteiger partial charge >= 0.3 is 5.97 Å². The van der Waals surface area contributed by atoms with E-state index in [1.54, 1.807) is 12.1 Å². The molecule has 0 aliphatic carbocycles. The summed E-state index contributed by atoms with van der Waals surface area (Å²) in [6.45, 7) is 0. The van der Waals surface area contributed by atoms with Crippen molar-refractivity contribution in [1.29, 1.82) is 0 Å². The average molecular weight is 378 g/mol. The summed E-state index contributed by atoms with van der Waals surface area (Å²) in [5.41, 5.74) is 1.64. The number of hydrogen-bond acceptors (Lipinski definition) is 4. The molecule has 0 radical (unpaired) electrons. The molecule has 1 N–H and O–H groups in total. The van der Waals surface area contributed by atoms with Crippen LogP contribution in [0.1, 0.15) is 15.9 Å². The first-order chi connectivity index (χ1) is 11.0. The van der Waals surface area contributed by atoms with Crippen molar-refractivity contribution in [3.63, 3.8) is 0 Å². The van der Waals surface area contributed by atoms with Crippen molar-refractivity contribution in [3.8, 4) is 5.75 Å². The van der Waals surface area contributed by atoms with Gasteiger partial charge < -0.3 is 14.8 Å². The molecule has 2 aromatic carbocycles. The Kier molecular flexibility index (Phi) is 5.76. The number of ether oxygens (including phenoxy) is 2. The summed E-state index contributed by atoms with van der Waals surface area (Å²) in [4.78, 5) is 23.8. The maximum Gasteiger partial charge on any atom is 0.337 e. The number of carbonyl (C=O) groups excluding carboxylic acids is 2. The second kappa shape index (κ2) is 7.78. The van der Waals surface area contributed by atoms with Crippen molar-refractivity contribution in [2.24, 2.45) is 0 Å². The lowest BCUT2D eigenvalue weighted by atomic mass is 10.1. The normalized spacial score (nSPS) is 10.0. The molecule has 120 valence electrons. The third kappa shape index (κ3) is 4.56. The van der Waals surface area contributed by atoms with E-state index >= 15 is 0 Å². The largest absolute Gasteiger partial charge is 0.495 e. The number of amides is 1. The summed E-state index contributed by atoms with van der Waals surface area (Å²) >= 11 is 3.37. The minimum Gasteiger partial charge on any atom is -0.495 e. The highest BCUT2D eigenvalue weighted by Gasteiger charge is 2.13. The summed E-state index contributed by atoms with van der Waals surface area (Å²) in [5, 5.41) is 2.76. The van der Waals surface area contributed by atoms with Crippen LogP contribution in [-0.4, -0.2) is 26.1 Å². The molecule has 2 aromatic rings. The fourth-order valence-electron chi connectivity index (χ4n) is 2.08. The third-order valence-electron chi connectivity index (χ3n) is 3.15. The minimum atomic E-state index is -0.477. The molecule has 0 aliphatic heterocycles. The Morgan fingerprint density at radius 2 is 1.91 bits per heavy atom. The lowest BCUT2D eigenvalue weighted by Gasteiger charge is -2.11. The van der Waals surface area contributed by atoms with Crippen LogP contribution in [-0.2, 0) is 16.0 Å². The summed E-state index contributed by atoms with van der Waals surface area (Å²) in [6, 6.07) is 12.2. The molecule has 0 aliphatic rings. The number of hydrogen-bond donors (Lipinski definition) is 1. The van der Waals surface area contributed by atoms with E-state index in [9.17, 15) is 9.59 Å². The number of rotatable bonds is 5. The van der Waals surface area contributed by atoms with E-state index in [0.29, 0.717) is 17.0 Å². The number of carbonyl (C=O) groups is 2. The molecule has 1 amide bonds. The van der Waals surface area contributed by atoms with Crippen LogP contribution in [0.25, 0.3) is 0 Å². The van der Waals surface area contributed by atoms with E-state index in [2.05, 4.69) is 26.0 Å². The van der Waals surface area contributed by atoms with Crippen molar-refractivity contribution in [2.75, 3.05) is 19.5 Å². The number of nitrogens with one attached hydrogen (secondary N) is 1. The molecular formula is C17H16BrNO4. The van der Waals surface area contributed by atoms with Gasteiger partial charge in [-0.05, 0) is 35.9 Å². The predicted molar refractivity (Wildman–Crippen MR) is 90.8 cm³/mol. The van der Waals surface area contributed by atoms with Gasteiger partial charge in [-0.25, -0.2) is 4.79 Å². The summed E-state index contributed by atoms with van der Waals surface area (Å²) in [5.74, 6) is -0.209. The predicted octanol–water partition coefficient (Wildman–Crippen LogP) is 3.43. The number of halogens is 1. The van der Waals surface area contributed by atoms with Gasteiger partial charge in [0.25, 0.3) is 0 Å². The van der Waals surface area contributed by atoms with E-state index < -0.39 is 5.97 Å². The van der Waals surface area contributed by atoms with E-state index in [-0.39, 0.29) is 12.3 Å². The molecule has 0 aromatic heterocycles. The monoisotopic (exact) mass is 377 g/mol. The van der Waals surface area contributed by atoms with Gasteiger partial charge in [-0.3, -0.25) is 4.79 Å². The van der Waals surface area contributed by atoms with E-state index in [1.165, 1.54) is 20.3 Å². The summed E-state index contributed by atoms with van der Waals surface area (Å²) in [6.07, 6.45) is 0.213. The van der Waals surface area contributed by atoms with E-state index in [4.69, 9.17) is 4.74 Å². The molecule has 2 rings (SSSR count). The maximum atomic E-state index is 12.2. The Balaban J connectivity index is 2.17. The Morgan fingerprint density at radius 3 is 2.57 bits per heavy atom. The maximum absolute atomic E-state index is 12.2. The first kappa shape index (κ1) is 17.0. The van der Waals surface area contributed by atoms with Gasteiger partial charge in [-0.2, -0.15) is 0 Å². The fraction of sp³-hybridized carbons (Fsp3) is 0.176. The van der Waals surface area contributed by atoms with Crippen molar-refractivity contribution in [3.05, 3.63) is 58.1 Å². The number of methoxy groups -OCH3 is 2. The van der Waals surface area contributed by atoms with Crippen LogP contribution in [0.5, 0.6) is 5.75 Å². The van der Waals surface area contributed by atoms with E-state index in [0.717, 1.165) is 10.0 Å². The van der Waals surface area contributed by atoms with Gasteiger partial charge in [0, 0.05) is 4.47 Å². The van der Waals surface area contributed by atoms with Gasteiger partial charge in [0.05, 0.1) is 31.9 Å². The highest BCUT2D eigenvalue weighted by atomic mass is 79.9. The smallest absolute Gasteiger partial charge is 0.337 e. The zero-order chi connectivity index (χ0) is 16.8. The Labute approximate surface area is 142 Å². The van der Waals surface area contributed by atoms with Crippen LogP contribution >= 0.6 is 15.9 Å². The topological polar surface area (TPSA) is 64.6 Å². The van der Waals surface area contributed by atoms with Gasteiger partial charge in [0.1, 0.15) is 5.75 Å². The van der Waals surface area contributed by atoms with Crippen molar-refractivity contribution in [1.82, 2.24) is 0 Å². The minimum absolute atomic E-state index is 0.205. The SMILES string of the molecule is COC(=O)c1ccc(OC)c(NC(=O)Cc2cccc(Br)c2)c1. The number of esters is 1. The lowest BCUT2D eigenvalue weighted by Crippen LogP contribution is -2.15. The molecule has 0 spiro atoms. The van der Waals surface area contributed by atoms with Crippen LogP contribution in [0.2, 0.25) is 0 Å². The summed E-state index contributed by atoms with van der Waals surface area (Å²) in [7, 11) is 2.80. The second-order valence-electron chi connectivity index (χ2n) is 4.76. The molecule has 0 atom stereocenters. The zero-order valence-corrected chi connectivity index (χ0v) is 14.3. The Bertz CT molecular complexity index is 730. The van der Waals surface area contributed by atoms with Crippen molar-refractivity contribution >= 4 is 33.5 Å². The second-order valence-corrected chi connectivity index (χ2v) is 5.68. The van der Waals surface area contributed by atoms with Crippen LogP contribution in [0.3, 0.4) is 0 Å². The molecule has 0 bridgehead atoms. The quantitative estimate of drug-likeness (QED) is 0.810. The molecule has 0 unspecified atom stereocenters. The van der Waals surface area contributed by atoms with E-state index in [1.807, 2.05) is 24.3 Å².